The Bertz CT molecular complexity index is 454. The van der Waals surface area contributed by atoms with E-state index in [1.807, 2.05) is 22.6 Å². The zero-order valence-electron chi connectivity index (χ0n) is 9.53. The Morgan fingerprint density at radius 2 is 2.19 bits per heavy atom. The summed E-state index contributed by atoms with van der Waals surface area (Å²) in [7, 11) is 3.40. The number of halogens is 1. The van der Waals surface area contributed by atoms with Crippen molar-refractivity contribution < 1.29 is 4.79 Å². The highest BCUT2D eigenvalue weighted by atomic mass is 127. The number of carbonyl (C=O) groups excluding carboxylic acids is 1. The first-order valence-electron chi connectivity index (χ1n) is 4.85. The molecule has 5 nitrogen and oxygen atoms in total. The van der Waals surface area contributed by atoms with Crippen molar-refractivity contribution in [3.8, 4) is 0 Å². The highest BCUT2D eigenvalue weighted by Crippen LogP contribution is 1.99. The molecule has 0 aliphatic rings. The summed E-state index contributed by atoms with van der Waals surface area (Å²) in [5.74, 6) is 0.641. The molecule has 0 bridgehead atoms. The lowest BCUT2D eigenvalue weighted by molar-refractivity contribution is -0.128. The maximum Gasteiger partial charge on any atom is 0.266 e. The van der Waals surface area contributed by atoms with Crippen molar-refractivity contribution in [1.82, 2.24) is 14.5 Å². The monoisotopic (exact) mass is 335 g/mol. The predicted octanol–water partition coefficient (Wildman–Crippen LogP) is 0.635. The molecule has 6 heteroatoms. The topological polar surface area (TPSA) is 55.2 Å². The van der Waals surface area contributed by atoms with E-state index in [0.717, 1.165) is 0 Å². The van der Waals surface area contributed by atoms with Crippen molar-refractivity contribution in [2.75, 3.05) is 14.1 Å². The van der Waals surface area contributed by atoms with Crippen LogP contribution < -0.4 is 5.56 Å². The van der Waals surface area contributed by atoms with Crippen LogP contribution in [0.3, 0.4) is 0 Å². The number of amides is 1. The first-order valence-corrected chi connectivity index (χ1v) is 5.93. The zero-order chi connectivity index (χ0) is 12.3. The van der Waals surface area contributed by atoms with Gasteiger partial charge in [0.05, 0.1) is 3.57 Å². The number of nitrogens with zero attached hydrogens (tertiary/aromatic N) is 3. The van der Waals surface area contributed by atoms with Gasteiger partial charge in [0.1, 0.15) is 5.82 Å². The highest BCUT2D eigenvalue weighted by molar-refractivity contribution is 14.1. The van der Waals surface area contributed by atoms with Gasteiger partial charge in [0.15, 0.2) is 0 Å². The van der Waals surface area contributed by atoms with Crippen LogP contribution in [0.25, 0.3) is 0 Å². The summed E-state index contributed by atoms with van der Waals surface area (Å²) < 4.78 is 2.10. The summed E-state index contributed by atoms with van der Waals surface area (Å²) in [5, 5.41) is 0. The van der Waals surface area contributed by atoms with Crippen LogP contribution in [-0.4, -0.2) is 34.5 Å². The van der Waals surface area contributed by atoms with Gasteiger partial charge in [-0.15, -0.1) is 0 Å². The fourth-order valence-electron chi connectivity index (χ4n) is 1.25. The lowest BCUT2D eigenvalue weighted by Crippen LogP contribution is -2.29. The van der Waals surface area contributed by atoms with E-state index in [9.17, 15) is 9.59 Å². The molecular formula is C10H14IN3O2. The van der Waals surface area contributed by atoms with Crippen molar-refractivity contribution in [3.05, 3.63) is 25.9 Å². The maximum atomic E-state index is 11.8. The Morgan fingerprint density at radius 3 is 2.75 bits per heavy atom. The molecule has 0 aliphatic carbocycles. The zero-order valence-corrected chi connectivity index (χ0v) is 11.7. The average molecular weight is 335 g/mol. The number of hydrogen-bond donors (Lipinski definition) is 0. The third-order valence-corrected chi connectivity index (χ3v) is 2.99. The lowest BCUT2D eigenvalue weighted by atomic mass is 10.3. The minimum Gasteiger partial charge on any atom is -0.349 e. The largest absolute Gasteiger partial charge is 0.349 e. The van der Waals surface area contributed by atoms with Gasteiger partial charge in [-0.1, -0.05) is 0 Å². The third-order valence-electron chi connectivity index (χ3n) is 2.25. The molecule has 0 spiro atoms. The number of hydrogen-bond acceptors (Lipinski definition) is 3. The minimum absolute atomic E-state index is 0.00478. The molecule has 1 aromatic heterocycles. The van der Waals surface area contributed by atoms with Crippen LogP contribution >= 0.6 is 22.6 Å². The molecule has 88 valence electrons. The van der Waals surface area contributed by atoms with Gasteiger partial charge in [0.2, 0.25) is 5.91 Å². The molecule has 0 fully saturated rings. The summed E-state index contributed by atoms with van der Waals surface area (Å²) in [6.45, 7) is 2.14. The second-order valence-electron chi connectivity index (χ2n) is 3.65. The summed E-state index contributed by atoms with van der Waals surface area (Å²) in [5.41, 5.74) is -0.0837. The Hall–Kier alpha value is -0.920. The van der Waals surface area contributed by atoms with Crippen LogP contribution in [0.4, 0.5) is 0 Å². The molecule has 0 saturated heterocycles. The molecule has 0 aliphatic heterocycles. The molecule has 1 heterocycles. The van der Waals surface area contributed by atoms with Gasteiger partial charge >= 0.3 is 0 Å². The number of carbonyl (C=O) groups is 1. The quantitative estimate of drug-likeness (QED) is 0.762. The van der Waals surface area contributed by atoms with E-state index in [4.69, 9.17) is 0 Å². The van der Waals surface area contributed by atoms with Gasteiger partial charge in [0.25, 0.3) is 5.56 Å². The maximum absolute atomic E-state index is 11.8. The summed E-state index contributed by atoms with van der Waals surface area (Å²) in [6, 6.07) is 0. The SMILES string of the molecule is Cc1ncc(I)c(=O)n1CCC(=O)N(C)C. The molecule has 0 N–H and O–H groups in total. The Labute approximate surface area is 108 Å². The van der Waals surface area contributed by atoms with Gasteiger partial charge in [-0.3, -0.25) is 14.2 Å². The van der Waals surface area contributed by atoms with Crippen molar-refractivity contribution >= 4 is 28.5 Å². The van der Waals surface area contributed by atoms with Gasteiger partial charge < -0.3 is 4.90 Å². The third kappa shape index (κ3) is 3.03. The van der Waals surface area contributed by atoms with Crippen LogP contribution in [0.1, 0.15) is 12.2 Å². The number of aryl methyl sites for hydroxylation is 1. The Balaban J connectivity index is 2.86. The van der Waals surface area contributed by atoms with Crippen LogP contribution in [0.15, 0.2) is 11.0 Å². The lowest BCUT2D eigenvalue weighted by Gasteiger charge is -2.12. The molecular weight excluding hydrogens is 321 g/mol. The molecule has 1 rings (SSSR count). The summed E-state index contributed by atoms with van der Waals surface area (Å²) >= 11 is 1.95. The average Bonchev–Trinajstić information content (AvgIpc) is 2.23. The van der Waals surface area contributed by atoms with E-state index in [2.05, 4.69) is 4.98 Å². The summed E-state index contributed by atoms with van der Waals surface area (Å²) in [4.78, 5) is 28.8. The van der Waals surface area contributed by atoms with Crippen molar-refractivity contribution in [1.29, 1.82) is 0 Å². The molecule has 16 heavy (non-hydrogen) atoms. The number of aromatic nitrogens is 2. The van der Waals surface area contributed by atoms with E-state index in [1.54, 1.807) is 27.2 Å². The molecule has 0 aromatic carbocycles. The van der Waals surface area contributed by atoms with Crippen molar-refractivity contribution in [2.45, 2.75) is 19.9 Å². The van der Waals surface area contributed by atoms with Crippen LogP contribution in [-0.2, 0) is 11.3 Å². The standard InChI is InChI=1S/C10H14IN3O2/c1-7-12-6-8(11)10(16)14(7)5-4-9(15)13(2)3/h6H,4-5H2,1-3H3. The van der Waals surface area contributed by atoms with Crippen molar-refractivity contribution in [3.63, 3.8) is 0 Å². The number of rotatable bonds is 3. The van der Waals surface area contributed by atoms with E-state index >= 15 is 0 Å². The van der Waals surface area contributed by atoms with Gasteiger partial charge in [-0.05, 0) is 29.5 Å². The van der Waals surface area contributed by atoms with Gasteiger partial charge in [0, 0.05) is 33.3 Å². The molecule has 0 saturated carbocycles. The Kier molecular flexibility index (Phi) is 4.45. The highest BCUT2D eigenvalue weighted by Gasteiger charge is 2.08. The summed E-state index contributed by atoms with van der Waals surface area (Å²) in [6.07, 6.45) is 1.86. The van der Waals surface area contributed by atoms with Gasteiger partial charge in [-0.25, -0.2) is 4.98 Å². The van der Waals surface area contributed by atoms with Crippen LogP contribution in [0, 0.1) is 10.5 Å². The fourth-order valence-corrected chi connectivity index (χ4v) is 1.68. The minimum atomic E-state index is -0.0837. The van der Waals surface area contributed by atoms with Crippen molar-refractivity contribution in [2.24, 2.45) is 0 Å². The normalized spacial score (nSPS) is 10.2. The molecule has 0 unspecified atom stereocenters. The Morgan fingerprint density at radius 1 is 1.56 bits per heavy atom. The van der Waals surface area contributed by atoms with E-state index in [1.165, 1.54) is 9.47 Å². The molecule has 0 atom stereocenters. The molecule has 1 amide bonds. The molecule has 0 radical (unpaired) electrons. The van der Waals surface area contributed by atoms with E-state index in [0.29, 0.717) is 22.4 Å². The van der Waals surface area contributed by atoms with Gasteiger partial charge in [-0.2, -0.15) is 0 Å². The predicted molar refractivity (Wildman–Crippen MR) is 69.3 cm³/mol. The molecule has 1 aromatic rings. The fraction of sp³-hybridized carbons (Fsp3) is 0.500. The van der Waals surface area contributed by atoms with E-state index < -0.39 is 0 Å². The first kappa shape index (κ1) is 13.1. The second-order valence-corrected chi connectivity index (χ2v) is 4.81. The van der Waals surface area contributed by atoms with Crippen LogP contribution in [0.5, 0.6) is 0 Å². The van der Waals surface area contributed by atoms with Crippen LogP contribution in [0.2, 0.25) is 0 Å². The smallest absolute Gasteiger partial charge is 0.266 e. The first-order chi connectivity index (χ1) is 7.43. The second kappa shape index (κ2) is 5.42. The van der Waals surface area contributed by atoms with E-state index in [-0.39, 0.29) is 11.5 Å².